The highest BCUT2D eigenvalue weighted by Crippen LogP contribution is 2.70. The second-order valence-electron chi connectivity index (χ2n) is 9.36. The van der Waals surface area contributed by atoms with Crippen LogP contribution in [-0.4, -0.2) is 51.6 Å². The molecule has 4 atom stereocenters. The van der Waals surface area contributed by atoms with Gasteiger partial charge in [0.2, 0.25) is 20.0 Å². The van der Waals surface area contributed by atoms with E-state index in [9.17, 15) is 26.0 Å². The summed E-state index contributed by atoms with van der Waals surface area (Å²) in [5, 5.41) is 0.336. The van der Waals surface area contributed by atoms with E-state index in [-0.39, 0.29) is 16.1 Å². The lowest BCUT2D eigenvalue weighted by atomic mass is 9.69. The standard InChI is InChI=1S/C20H26ClFN2O5S2/c1-19(2)13-7-9-20(19)12-30(26,27)24(17(20)11-13)18(25)16(8-10-22)23-31(28,29)15-5-3-14(21)4-6-15/h3-6,13,16-17,23H,7-12H2,1-2H3/t13?,16-,17+,20-/m1/s1. The van der Waals surface area contributed by atoms with Crippen molar-refractivity contribution in [1.82, 2.24) is 9.03 Å². The van der Waals surface area contributed by atoms with Crippen LogP contribution in [0, 0.1) is 16.7 Å². The van der Waals surface area contributed by atoms with Crippen LogP contribution >= 0.6 is 11.6 Å². The van der Waals surface area contributed by atoms with E-state index in [0.717, 1.165) is 10.7 Å². The summed E-state index contributed by atoms with van der Waals surface area (Å²) in [5.74, 6) is -0.735. The maximum absolute atomic E-state index is 13.4. The van der Waals surface area contributed by atoms with Crippen molar-refractivity contribution in [3.05, 3.63) is 29.3 Å². The van der Waals surface area contributed by atoms with E-state index in [1.165, 1.54) is 24.3 Å². The zero-order valence-electron chi connectivity index (χ0n) is 17.3. The first-order valence-corrected chi connectivity index (χ1v) is 13.7. The second kappa shape index (κ2) is 7.40. The van der Waals surface area contributed by atoms with E-state index in [1.807, 2.05) is 0 Å². The molecule has 3 aliphatic rings. The Balaban J connectivity index is 1.65. The van der Waals surface area contributed by atoms with Crippen molar-refractivity contribution >= 4 is 37.6 Å². The monoisotopic (exact) mass is 492 g/mol. The molecule has 1 spiro atoms. The van der Waals surface area contributed by atoms with Gasteiger partial charge in [0.1, 0.15) is 6.04 Å². The number of amides is 1. The van der Waals surface area contributed by atoms with Gasteiger partial charge in [-0.05, 0) is 54.9 Å². The molecule has 1 aromatic rings. The first-order chi connectivity index (χ1) is 14.4. The summed E-state index contributed by atoms with van der Waals surface area (Å²) in [6.45, 7) is 3.13. The normalized spacial score (nSPS) is 31.5. The van der Waals surface area contributed by atoms with E-state index >= 15 is 0 Å². The van der Waals surface area contributed by atoms with E-state index in [0.29, 0.717) is 23.8 Å². The number of hydrogen-bond donors (Lipinski definition) is 1. The summed E-state index contributed by atoms with van der Waals surface area (Å²) in [4.78, 5) is 13.2. The summed E-state index contributed by atoms with van der Waals surface area (Å²) in [6.07, 6.45) is 1.73. The fourth-order valence-electron chi connectivity index (χ4n) is 5.94. The third-order valence-corrected chi connectivity index (χ3v) is 11.4. The lowest BCUT2D eigenvalue weighted by molar-refractivity contribution is -0.131. The van der Waals surface area contributed by atoms with Crippen LogP contribution < -0.4 is 4.72 Å². The van der Waals surface area contributed by atoms with Crippen molar-refractivity contribution < 1.29 is 26.0 Å². The van der Waals surface area contributed by atoms with Crippen LogP contribution in [0.25, 0.3) is 0 Å². The highest BCUT2D eigenvalue weighted by Gasteiger charge is 2.72. The Morgan fingerprint density at radius 3 is 2.55 bits per heavy atom. The molecule has 0 radical (unpaired) electrons. The first-order valence-electron chi connectivity index (χ1n) is 10.3. The van der Waals surface area contributed by atoms with Crippen molar-refractivity contribution in [2.45, 2.75) is 56.5 Å². The number of alkyl halides is 1. The number of hydrogen-bond acceptors (Lipinski definition) is 5. The molecule has 1 heterocycles. The third kappa shape index (κ3) is 3.41. The van der Waals surface area contributed by atoms with Crippen molar-refractivity contribution in [2.75, 3.05) is 12.4 Å². The Bertz CT molecular complexity index is 1110. The lowest BCUT2D eigenvalue weighted by Gasteiger charge is -2.37. The molecule has 1 unspecified atom stereocenters. The van der Waals surface area contributed by atoms with Gasteiger partial charge in [0.15, 0.2) is 0 Å². The molecule has 7 nitrogen and oxygen atoms in total. The van der Waals surface area contributed by atoms with E-state index in [2.05, 4.69) is 18.6 Å². The molecule has 1 saturated heterocycles. The largest absolute Gasteiger partial charge is 0.272 e. The number of nitrogens with one attached hydrogen (secondary N) is 1. The zero-order chi connectivity index (χ0) is 22.8. The summed E-state index contributed by atoms with van der Waals surface area (Å²) in [7, 11) is -8.13. The van der Waals surface area contributed by atoms with Gasteiger partial charge in [-0.15, -0.1) is 0 Å². The minimum Gasteiger partial charge on any atom is -0.272 e. The molecule has 2 saturated carbocycles. The number of carbonyl (C=O) groups is 1. The summed E-state index contributed by atoms with van der Waals surface area (Å²) >= 11 is 5.80. The highest BCUT2D eigenvalue weighted by molar-refractivity contribution is 7.90. The molecule has 1 amide bonds. The topological polar surface area (TPSA) is 101 Å². The maximum Gasteiger partial charge on any atom is 0.254 e. The van der Waals surface area contributed by atoms with E-state index in [4.69, 9.17) is 11.6 Å². The lowest BCUT2D eigenvalue weighted by Crippen LogP contribution is -2.53. The molecular formula is C20H26ClFN2O5S2. The van der Waals surface area contributed by atoms with Gasteiger partial charge in [-0.25, -0.2) is 21.1 Å². The van der Waals surface area contributed by atoms with Crippen LogP contribution in [0.15, 0.2) is 29.2 Å². The first kappa shape index (κ1) is 22.9. The Labute approximate surface area is 187 Å². The number of halogens is 2. The highest BCUT2D eigenvalue weighted by atomic mass is 35.5. The number of sulfonamides is 2. The molecule has 1 aromatic carbocycles. The summed E-state index contributed by atoms with van der Waals surface area (Å²) in [6, 6.07) is 3.27. The molecule has 31 heavy (non-hydrogen) atoms. The molecule has 1 N–H and O–H groups in total. The van der Waals surface area contributed by atoms with Crippen molar-refractivity contribution in [3.63, 3.8) is 0 Å². The van der Waals surface area contributed by atoms with Gasteiger partial charge in [0.05, 0.1) is 23.4 Å². The minimum absolute atomic E-state index is 0.133. The predicted octanol–water partition coefficient (Wildman–Crippen LogP) is 2.71. The van der Waals surface area contributed by atoms with Gasteiger partial charge in [-0.2, -0.15) is 4.72 Å². The summed E-state index contributed by atoms with van der Waals surface area (Å²) < 4.78 is 68.1. The molecule has 1 aliphatic heterocycles. The number of nitrogens with zero attached hydrogens (tertiary/aromatic N) is 1. The molecule has 11 heteroatoms. The Morgan fingerprint density at radius 2 is 1.97 bits per heavy atom. The maximum atomic E-state index is 13.4. The van der Waals surface area contributed by atoms with Gasteiger partial charge < -0.3 is 0 Å². The van der Waals surface area contributed by atoms with Crippen LogP contribution in [0.4, 0.5) is 4.39 Å². The number of rotatable bonds is 6. The fraction of sp³-hybridized carbons (Fsp3) is 0.650. The fourth-order valence-corrected chi connectivity index (χ4v) is 9.87. The number of benzene rings is 1. The average Bonchev–Trinajstić information content (AvgIpc) is 3.15. The third-order valence-electron chi connectivity index (χ3n) is 7.75. The van der Waals surface area contributed by atoms with Gasteiger partial charge in [0, 0.05) is 16.9 Å². The second-order valence-corrected chi connectivity index (χ2v) is 13.4. The van der Waals surface area contributed by atoms with Crippen molar-refractivity contribution in [3.8, 4) is 0 Å². The van der Waals surface area contributed by atoms with Gasteiger partial charge in [-0.1, -0.05) is 25.4 Å². The van der Waals surface area contributed by atoms with Gasteiger partial charge in [-0.3, -0.25) is 9.18 Å². The smallest absolute Gasteiger partial charge is 0.254 e. The molecule has 0 aromatic heterocycles. The van der Waals surface area contributed by atoms with Crippen LogP contribution in [0.3, 0.4) is 0 Å². The van der Waals surface area contributed by atoms with E-state index in [1.54, 1.807) is 0 Å². The quantitative estimate of drug-likeness (QED) is 0.658. The van der Waals surface area contributed by atoms with Crippen molar-refractivity contribution in [1.29, 1.82) is 0 Å². The van der Waals surface area contributed by atoms with Crippen LogP contribution in [0.5, 0.6) is 0 Å². The Kier molecular flexibility index (Phi) is 5.47. The number of carbonyl (C=O) groups excluding carboxylic acids is 1. The molecule has 3 fully saturated rings. The van der Waals surface area contributed by atoms with Crippen LogP contribution in [0.2, 0.25) is 5.02 Å². The van der Waals surface area contributed by atoms with Gasteiger partial charge >= 0.3 is 0 Å². The SMILES string of the molecule is CC1(C)C2CC[C@]13CS(=O)(=O)N(C(=O)[C@@H](CCF)NS(=O)(=O)c1ccc(Cl)cc1)[C@H]3C2. The Morgan fingerprint density at radius 1 is 1.32 bits per heavy atom. The number of fused-ring (bicyclic) bond motifs is 1. The minimum atomic E-state index is -4.18. The Hall–Kier alpha value is -1.23. The molecule has 172 valence electrons. The average molecular weight is 493 g/mol. The van der Waals surface area contributed by atoms with E-state index < -0.39 is 56.5 Å². The zero-order valence-corrected chi connectivity index (χ0v) is 19.7. The summed E-state index contributed by atoms with van der Waals surface area (Å²) in [5.41, 5.74) is -0.778. The molecule has 2 bridgehead atoms. The molecular weight excluding hydrogens is 467 g/mol. The molecule has 2 aliphatic carbocycles. The predicted molar refractivity (Wildman–Crippen MR) is 114 cm³/mol. The van der Waals surface area contributed by atoms with Crippen LogP contribution in [-0.2, 0) is 24.8 Å². The van der Waals surface area contributed by atoms with Crippen LogP contribution in [0.1, 0.15) is 39.5 Å². The van der Waals surface area contributed by atoms with Crippen molar-refractivity contribution in [2.24, 2.45) is 16.7 Å². The van der Waals surface area contributed by atoms with Gasteiger partial charge in [0.25, 0.3) is 5.91 Å². The molecule has 4 rings (SSSR count).